The van der Waals surface area contributed by atoms with Gasteiger partial charge in [-0.1, -0.05) is 17.7 Å². The molecule has 0 aliphatic carbocycles. The number of nitrogens with zero attached hydrogens (tertiary/aromatic N) is 1. The van der Waals surface area contributed by atoms with Crippen molar-refractivity contribution in [1.29, 1.82) is 0 Å². The summed E-state index contributed by atoms with van der Waals surface area (Å²) in [6.45, 7) is 3.83. The van der Waals surface area contributed by atoms with Crippen molar-refractivity contribution in [3.05, 3.63) is 54.1 Å². The van der Waals surface area contributed by atoms with Crippen LogP contribution >= 0.6 is 11.8 Å². The van der Waals surface area contributed by atoms with Crippen LogP contribution in [0.15, 0.2) is 58.3 Å². The highest BCUT2D eigenvalue weighted by atomic mass is 32.2. The molecule has 6 nitrogen and oxygen atoms in total. The molecule has 0 aliphatic heterocycles. The molecule has 152 valence electrons. The van der Waals surface area contributed by atoms with Crippen LogP contribution in [0.5, 0.6) is 5.75 Å². The van der Waals surface area contributed by atoms with Gasteiger partial charge in [0.05, 0.1) is 17.5 Å². The van der Waals surface area contributed by atoms with Crippen molar-refractivity contribution in [3.8, 4) is 5.75 Å². The van der Waals surface area contributed by atoms with E-state index in [4.69, 9.17) is 4.74 Å². The van der Waals surface area contributed by atoms with E-state index in [0.717, 1.165) is 20.5 Å². The number of aryl methyl sites for hydroxylation is 1. The number of hydrogen-bond donors (Lipinski definition) is 1. The van der Waals surface area contributed by atoms with Gasteiger partial charge in [0.25, 0.3) is 0 Å². The van der Waals surface area contributed by atoms with Gasteiger partial charge in [0.2, 0.25) is 15.9 Å². The topological polar surface area (TPSA) is 75.7 Å². The summed E-state index contributed by atoms with van der Waals surface area (Å²) in [5.74, 6) is 0.340. The van der Waals surface area contributed by atoms with E-state index in [0.29, 0.717) is 6.61 Å². The molecule has 0 saturated heterocycles. The standard InChI is InChI=1S/C20H26N2O4S2/c1-15-5-7-17(8-6-15)26-14-16(2)21-20(23)13-22(3)28(24,25)19-11-9-18(27-4)10-12-19/h5-12,16H,13-14H2,1-4H3,(H,21,23). The number of thioether (sulfide) groups is 1. The van der Waals surface area contributed by atoms with Crippen LogP contribution in [-0.4, -0.2) is 51.1 Å². The maximum absolute atomic E-state index is 12.6. The lowest BCUT2D eigenvalue weighted by molar-refractivity contribution is -0.121. The van der Waals surface area contributed by atoms with Gasteiger partial charge in [0.1, 0.15) is 12.4 Å². The van der Waals surface area contributed by atoms with Crippen LogP contribution in [0.4, 0.5) is 0 Å². The molecule has 1 N–H and O–H groups in total. The van der Waals surface area contributed by atoms with Crippen molar-refractivity contribution < 1.29 is 17.9 Å². The predicted molar refractivity (Wildman–Crippen MR) is 112 cm³/mol. The molecular weight excluding hydrogens is 396 g/mol. The number of ether oxygens (including phenoxy) is 1. The third-order valence-electron chi connectivity index (χ3n) is 4.06. The number of benzene rings is 2. The SMILES string of the molecule is CSc1ccc(S(=O)(=O)N(C)CC(=O)NC(C)COc2ccc(C)cc2)cc1. The van der Waals surface area contributed by atoms with Crippen LogP contribution in [0.2, 0.25) is 0 Å². The molecule has 1 amide bonds. The quantitative estimate of drug-likeness (QED) is 0.629. The molecule has 2 aromatic carbocycles. The number of carbonyl (C=O) groups excluding carboxylic acids is 1. The van der Waals surface area contributed by atoms with E-state index in [9.17, 15) is 13.2 Å². The van der Waals surface area contributed by atoms with Crippen molar-refractivity contribution >= 4 is 27.7 Å². The van der Waals surface area contributed by atoms with Crippen molar-refractivity contribution in [2.24, 2.45) is 0 Å². The lowest BCUT2D eigenvalue weighted by Crippen LogP contribution is -2.43. The van der Waals surface area contributed by atoms with Gasteiger partial charge < -0.3 is 10.1 Å². The smallest absolute Gasteiger partial charge is 0.243 e. The Hall–Kier alpha value is -2.03. The Morgan fingerprint density at radius 3 is 2.32 bits per heavy atom. The van der Waals surface area contributed by atoms with Gasteiger partial charge in [-0.05, 0) is 56.5 Å². The molecule has 0 spiro atoms. The Bertz CT molecular complexity index is 881. The van der Waals surface area contributed by atoms with Crippen molar-refractivity contribution in [3.63, 3.8) is 0 Å². The lowest BCUT2D eigenvalue weighted by Gasteiger charge is -2.19. The minimum atomic E-state index is -3.72. The van der Waals surface area contributed by atoms with E-state index in [1.165, 1.54) is 18.8 Å². The molecular formula is C20H26N2O4S2. The van der Waals surface area contributed by atoms with Gasteiger partial charge in [-0.2, -0.15) is 4.31 Å². The van der Waals surface area contributed by atoms with Crippen LogP contribution in [0, 0.1) is 6.92 Å². The zero-order valence-electron chi connectivity index (χ0n) is 16.5. The van der Waals surface area contributed by atoms with Crippen molar-refractivity contribution in [2.45, 2.75) is 29.7 Å². The van der Waals surface area contributed by atoms with Gasteiger partial charge >= 0.3 is 0 Å². The van der Waals surface area contributed by atoms with Crippen LogP contribution in [0.1, 0.15) is 12.5 Å². The van der Waals surface area contributed by atoms with E-state index in [2.05, 4.69) is 5.32 Å². The lowest BCUT2D eigenvalue weighted by atomic mass is 10.2. The van der Waals surface area contributed by atoms with Gasteiger partial charge in [-0.15, -0.1) is 11.8 Å². The van der Waals surface area contributed by atoms with E-state index in [1.54, 1.807) is 24.3 Å². The Labute approximate surface area is 171 Å². The monoisotopic (exact) mass is 422 g/mol. The minimum absolute atomic E-state index is 0.163. The average molecular weight is 423 g/mol. The maximum Gasteiger partial charge on any atom is 0.243 e. The normalized spacial score (nSPS) is 12.6. The molecule has 0 radical (unpaired) electrons. The van der Waals surface area contributed by atoms with Crippen molar-refractivity contribution in [2.75, 3.05) is 26.5 Å². The van der Waals surface area contributed by atoms with Gasteiger partial charge in [0, 0.05) is 11.9 Å². The summed E-state index contributed by atoms with van der Waals surface area (Å²) in [7, 11) is -2.33. The number of sulfonamides is 1. The molecule has 2 rings (SSSR count). The zero-order chi connectivity index (χ0) is 20.7. The first-order valence-electron chi connectivity index (χ1n) is 8.81. The second-order valence-electron chi connectivity index (χ2n) is 6.53. The third-order valence-corrected chi connectivity index (χ3v) is 6.62. The first-order chi connectivity index (χ1) is 13.2. The Morgan fingerprint density at radius 2 is 1.75 bits per heavy atom. The van der Waals surface area contributed by atoms with Crippen LogP contribution in [0.25, 0.3) is 0 Å². The molecule has 1 atom stereocenters. The van der Waals surface area contributed by atoms with Gasteiger partial charge in [-0.25, -0.2) is 8.42 Å². The second-order valence-corrected chi connectivity index (χ2v) is 9.45. The first kappa shape index (κ1) is 22.3. The molecule has 0 aromatic heterocycles. The fourth-order valence-corrected chi connectivity index (χ4v) is 3.97. The van der Waals surface area contributed by atoms with Crippen LogP contribution in [0.3, 0.4) is 0 Å². The maximum atomic E-state index is 12.6. The first-order valence-corrected chi connectivity index (χ1v) is 11.5. The Morgan fingerprint density at radius 1 is 1.14 bits per heavy atom. The van der Waals surface area contributed by atoms with E-state index in [1.807, 2.05) is 44.4 Å². The molecule has 28 heavy (non-hydrogen) atoms. The number of hydrogen-bond acceptors (Lipinski definition) is 5. The van der Waals surface area contributed by atoms with Crippen LogP contribution < -0.4 is 10.1 Å². The molecule has 1 unspecified atom stereocenters. The minimum Gasteiger partial charge on any atom is -0.491 e. The highest BCUT2D eigenvalue weighted by Crippen LogP contribution is 2.19. The fourth-order valence-electron chi connectivity index (χ4n) is 2.43. The van der Waals surface area contributed by atoms with Crippen LogP contribution in [-0.2, 0) is 14.8 Å². The summed E-state index contributed by atoms with van der Waals surface area (Å²) in [5, 5.41) is 2.76. The van der Waals surface area contributed by atoms with E-state index < -0.39 is 10.0 Å². The molecule has 0 aliphatic rings. The third kappa shape index (κ3) is 6.25. The predicted octanol–water partition coefficient (Wildman–Crippen LogP) is 2.92. The Balaban J connectivity index is 1.87. The summed E-state index contributed by atoms with van der Waals surface area (Å²) in [6.07, 6.45) is 1.92. The summed E-state index contributed by atoms with van der Waals surface area (Å²) in [5.41, 5.74) is 1.14. The molecule has 0 bridgehead atoms. The Kier molecular flexibility index (Phi) is 7.91. The summed E-state index contributed by atoms with van der Waals surface area (Å²) < 4.78 is 31.9. The molecule has 8 heteroatoms. The number of carbonyl (C=O) groups is 1. The molecule has 0 saturated carbocycles. The largest absolute Gasteiger partial charge is 0.491 e. The van der Waals surface area contributed by atoms with Crippen molar-refractivity contribution in [1.82, 2.24) is 9.62 Å². The second kappa shape index (κ2) is 9.95. The average Bonchev–Trinajstić information content (AvgIpc) is 2.67. The van der Waals surface area contributed by atoms with E-state index >= 15 is 0 Å². The highest BCUT2D eigenvalue weighted by Gasteiger charge is 2.23. The zero-order valence-corrected chi connectivity index (χ0v) is 18.1. The highest BCUT2D eigenvalue weighted by molar-refractivity contribution is 7.98. The molecule has 2 aromatic rings. The van der Waals surface area contributed by atoms with Gasteiger partial charge in [-0.3, -0.25) is 4.79 Å². The molecule has 0 fully saturated rings. The fraction of sp³-hybridized carbons (Fsp3) is 0.350. The summed E-state index contributed by atoms with van der Waals surface area (Å²) >= 11 is 1.53. The van der Waals surface area contributed by atoms with E-state index in [-0.39, 0.29) is 23.4 Å². The number of rotatable bonds is 9. The van der Waals surface area contributed by atoms with Gasteiger partial charge in [0.15, 0.2) is 0 Å². The summed E-state index contributed by atoms with van der Waals surface area (Å²) in [4.78, 5) is 13.4. The molecule has 0 heterocycles. The number of amides is 1. The number of likely N-dealkylation sites (N-methyl/N-ethyl adjacent to an activating group) is 1. The summed E-state index contributed by atoms with van der Waals surface area (Å²) in [6, 6.07) is 14.0. The number of nitrogens with one attached hydrogen (secondary N) is 1.